The first-order chi connectivity index (χ1) is 9.82. The Morgan fingerprint density at radius 1 is 1.19 bits per heavy atom. The highest BCUT2D eigenvalue weighted by Crippen LogP contribution is 2.44. The molecule has 0 bridgehead atoms. The van der Waals surface area contributed by atoms with Crippen LogP contribution in [0.15, 0.2) is 18.2 Å². The van der Waals surface area contributed by atoms with Gasteiger partial charge in [-0.05, 0) is 63.4 Å². The van der Waals surface area contributed by atoms with Gasteiger partial charge in [-0.1, -0.05) is 43.2 Å². The van der Waals surface area contributed by atoms with Crippen molar-refractivity contribution in [2.45, 2.75) is 59.8 Å². The molecule has 21 heavy (non-hydrogen) atoms. The van der Waals surface area contributed by atoms with Crippen molar-refractivity contribution in [3.63, 3.8) is 0 Å². The summed E-state index contributed by atoms with van der Waals surface area (Å²) in [5.74, 6) is 0.749. The van der Waals surface area contributed by atoms with E-state index in [0.29, 0.717) is 18.3 Å². The second-order valence-electron chi connectivity index (χ2n) is 7.34. The van der Waals surface area contributed by atoms with Gasteiger partial charge in [-0.15, -0.1) is 0 Å². The summed E-state index contributed by atoms with van der Waals surface area (Å²) < 4.78 is 0. The van der Waals surface area contributed by atoms with E-state index in [9.17, 15) is 9.90 Å². The Bertz CT molecular complexity index is 488. The van der Waals surface area contributed by atoms with E-state index in [1.165, 1.54) is 16.7 Å². The van der Waals surface area contributed by atoms with Gasteiger partial charge >= 0.3 is 5.97 Å². The maximum absolute atomic E-state index is 11.9. The van der Waals surface area contributed by atoms with Crippen LogP contribution < -0.4 is 0 Å². The van der Waals surface area contributed by atoms with Crippen LogP contribution in [0.25, 0.3) is 0 Å². The van der Waals surface area contributed by atoms with Crippen molar-refractivity contribution >= 4 is 5.97 Å². The Kier molecular flexibility index (Phi) is 4.75. The van der Waals surface area contributed by atoms with E-state index in [0.717, 1.165) is 25.7 Å². The molecule has 1 aliphatic carbocycles. The number of hydrogen-bond acceptors (Lipinski definition) is 1. The topological polar surface area (TPSA) is 37.3 Å². The maximum Gasteiger partial charge on any atom is 0.309 e. The molecule has 0 saturated heterocycles. The fourth-order valence-electron chi connectivity index (χ4n) is 3.89. The molecule has 1 fully saturated rings. The van der Waals surface area contributed by atoms with E-state index >= 15 is 0 Å². The third-order valence-corrected chi connectivity index (χ3v) is 5.21. The van der Waals surface area contributed by atoms with E-state index in [2.05, 4.69) is 45.9 Å². The van der Waals surface area contributed by atoms with Gasteiger partial charge in [0.05, 0.1) is 5.41 Å². The first-order valence-corrected chi connectivity index (χ1v) is 8.13. The van der Waals surface area contributed by atoms with Gasteiger partial charge in [-0.3, -0.25) is 4.79 Å². The van der Waals surface area contributed by atoms with Crippen molar-refractivity contribution in [2.24, 2.45) is 17.3 Å². The number of carbonyl (C=O) groups is 1. The summed E-state index contributed by atoms with van der Waals surface area (Å²) in [7, 11) is 0. The number of hydrogen-bond donors (Lipinski definition) is 1. The molecule has 0 radical (unpaired) electrons. The highest BCUT2D eigenvalue weighted by atomic mass is 16.4. The molecular weight excluding hydrogens is 260 g/mol. The number of aryl methyl sites for hydroxylation is 2. The van der Waals surface area contributed by atoms with Crippen LogP contribution in [-0.2, 0) is 11.2 Å². The van der Waals surface area contributed by atoms with Crippen LogP contribution in [0.4, 0.5) is 0 Å². The van der Waals surface area contributed by atoms with E-state index < -0.39 is 11.4 Å². The Balaban J connectivity index is 2.18. The Hall–Kier alpha value is -1.31. The fraction of sp³-hybridized carbons (Fsp3) is 0.632. The minimum Gasteiger partial charge on any atom is -0.481 e. The van der Waals surface area contributed by atoms with Gasteiger partial charge in [-0.25, -0.2) is 0 Å². The zero-order chi connectivity index (χ0) is 15.6. The largest absolute Gasteiger partial charge is 0.481 e. The van der Waals surface area contributed by atoms with Gasteiger partial charge < -0.3 is 5.11 Å². The van der Waals surface area contributed by atoms with Crippen LogP contribution in [0.5, 0.6) is 0 Å². The van der Waals surface area contributed by atoms with Crippen LogP contribution >= 0.6 is 0 Å². The minimum absolute atomic E-state index is 0.550. The molecule has 2 rings (SSSR count). The van der Waals surface area contributed by atoms with Crippen molar-refractivity contribution in [3.05, 3.63) is 34.9 Å². The smallest absolute Gasteiger partial charge is 0.309 e. The van der Waals surface area contributed by atoms with Crippen LogP contribution in [0.3, 0.4) is 0 Å². The third kappa shape index (κ3) is 3.66. The van der Waals surface area contributed by atoms with Crippen molar-refractivity contribution in [3.8, 4) is 0 Å². The van der Waals surface area contributed by atoms with Gasteiger partial charge in [0.2, 0.25) is 0 Å². The Morgan fingerprint density at radius 3 is 2.14 bits per heavy atom. The zero-order valence-corrected chi connectivity index (χ0v) is 13.8. The molecule has 1 aromatic rings. The Labute approximate surface area is 128 Å². The molecule has 116 valence electrons. The molecule has 0 aliphatic heterocycles. The molecule has 1 saturated carbocycles. The second-order valence-corrected chi connectivity index (χ2v) is 7.34. The summed E-state index contributed by atoms with van der Waals surface area (Å²) in [5, 5.41) is 9.81. The summed E-state index contributed by atoms with van der Waals surface area (Å²) in [6.07, 6.45) is 4.41. The molecule has 0 aromatic heterocycles. The van der Waals surface area contributed by atoms with Gasteiger partial charge in [-0.2, -0.15) is 0 Å². The van der Waals surface area contributed by atoms with Gasteiger partial charge in [0.25, 0.3) is 0 Å². The van der Waals surface area contributed by atoms with Crippen molar-refractivity contribution in [2.75, 3.05) is 0 Å². The monoisotopic (exact) mass is 288 g/mol. The number of rotatable bonds is 4. The van der Waals surface area contributed by atoms with E-state index in [1.54, 1.807) is 0 Å². The molecule has 2 heteroatoms. The molecule has 0 atom stereocenters. The molecule has 2 nitrogen and oxygen atoms in total. The number of carboxylic acid groups (broad SMARTS) is 1. The summed E-state index contributed by atoms with van der Waals surface area (Å²) in [4.78, 5) is 11.9. The molecule has 0 unspecified atom stereocenters. The average molecular weight is 288 g/mol. The lowest BCUT2D eigenvalue weighted by Crippen LogP contribution is -2.38. The lowest BCUT2D eigenvalue weighted by molar-refractivity contribution is -0.151. The molecular formula is C19H28O2. The van der Waals surface area contributed by atoms with Crippen molar-refractivity contribution < 1.29 is 9.90 Å². The molecule has 0 amide bonds. The lowest BCUT2D eigenvalue weighted by Gasteiger charge is -2.38. The van der Waals surface area contributed by atoms with E-state index in [4.69, 9.17) is 0 Å². The van der Waals surface area contributed by atoms with Gasteiger partial charge in [0.1, 0.15) is 0 Å². The number of aliphatic carboxylic acids is 1. The van der Waals surface area contributed by atoms with Crippen LogP contribution in [-0.4, -0.2) is 11.1 Å². The number of carboxylic acids is 1. The van der Waals surface area contributed by atoms with Gasteiger partial charge in [0, 0.05) is 0 Å². The predicted molar refractivity (Wildman–Crippen MR) is 86.5 cm³/mol. The first-order valence-electron chi connectivity index (χ1n) is 8.13. The Morgan fingerprint density at radius 2 is 1.71 bits per heavy atom. The highest BCUT2D eigenvalue weighted by Gasteiger charge is 2.42. The zero-order valence-electron chi connectivity index (χ0n) is 13.8. The third-order valence-electron chi connectivity index (χ3n) is 5.21. The fourth-order valence-corrected chi connectivity index (χ4v) is 3.89. The SMILES string of the molecule is Cc1cc(C)cc(CC2(C(=O)O)CCC(C(C)C)CC2)c1. The molecule has 0 spiro atoms. The van der Waals surface area contributed by atoms with Crippen molar-refractivity contribution in [1.82, 2.24) is 0 Å². The highest BCUT2D eigenvalue weighted by molar-refractivity contribution is 5.75. The minimum atomic E-state index is -0.608. The summed E-state index contributed by atoms with van der Waals surface area (Å²) >= 11 is 0. The average Bonchev–Trinajstić information content (AvgIpc) is 2.37. The van der Waals surface area contributed by atoms with Crippen molar-refractivity contribution in [1.29, 1.82) is 0 Å². The van der Waals surface area contributed by atoms with Gasteiger partial charge in [0.15, 0.2) is 0 Å². The quantitative estimate of drug-likeness (QED) is 0.867. The number of benzene rings is 1. The van der Waals surface area contributed by atoms with Crippen LogP contribution in [0.2, 0.25) is 0 Å². The summed E-state index contributed by atoms with van der Waals surface area (Å²) in [5.41, 5.74) is 3.08. The molecule has 0 heterocycles. The normalized spacial score (nSPS) is 26.0. The van der Waals surface area contributed by atoms with E-state index in [1.807, 2.05) is 0 Å². The first kappa shape index (κ1) is 16.1. The van der Waals surface area contributed by atoms with Crippen LogP contribution in [0.1, 0.15) is 56.2 Å². The maximum atomic E-state index is 11.9. The lowest BCUT2D eigenvalue weighted by atomic mass is 9.65. The molecule has 1 aromatic carbocycles. The summed E-state index contributed by atoms with van der Waals surface area (Å²) in [6, 6.07) is 6.44. The molecule has 1 N–H and O–H groups in total. The predicted octanol–water partition coefficient (Wildman–Crippen LogP) is 4.76. The second kappa shape index (κ2) is 6.21. The van der Waals surface area contributed by atoms with Crippen LogP contribution in [0, 0.1) is 31.1 Å². The summed E-state index contributed by atoms with van der Waals surface area (Å²) in [6.45, 7) is 8.67. The van der Waals surface area contributed by atoms with E-state index in [-0.39, 0.29) is 0 Å². The standard InChI is InChI=1S/C19H28O2/c1-13(2)17-5-7-19(8-6-17,18(20)21)12-16-10-14(3)9-15(4)11-16/h9-11,13,17H,5-8,12H2,1-4H3,(H,20,21). The molecule has 1 aliphatic rings.